The highest BCUT2D eigenvalue weighted by atomic mass is 16.5. The Balaban J connectivity index is 1.71. The van der Waals surface area contributed by atoms with Crippen LogP contribution in [0.4, 0.5) is 0 Å². The summed E-state index contributed by atoms with van der Waals surface area (Å²) in [7, 11) is 1.76. The molecule has 2 atom stereocenters. The Labute approximate surface area is 130 Å². The Bertz CT molecular complexity index is 594. The minimum Gasteiger partial charge on any atom is -0.472 e. The standard InChI is InChI=1S/C18H21NO3/c1-21-17-7-9-19(18(20)15-8-10-22-13-15)12-16(17)11-14-5-3-2-4-6-14/h2-6,8,10,13,16-17H,7,9,11-12H2,1H3/t16-,17-/m0/s1. The number of furan rings is 1. The van der Waals surface area contributed by atoms with Gasteiger partial charge in [-0.3, -0.25) is 4.79 Å². The molecule has 1 aromatic carbocycles. The van der Waals surface area contributed by atoms with E-state index in [9.17, 15) is 4.79 Å². The van der Waals surface area contributed by atoms with Crippen molar-refractivity contribution in [3.8, 4) is 0 Å². The second-order valence-electron chi connectivity index (χ2n) is 5.78. The molecular weight excluding hydrogens is 278 g/mol. The van der Waals surface area contributed by atoms with E-state index in [1.54, 1.807) is 13.2 Å². The molecule has 0 unspecified atom stereocenters. The third-order valence-electron chi connectivity index (χ3n) is 4.36. The topological polar surface area (TPSA) is 42.7 Å². The molecule has 0 saturated carbocycles. The molecule has 3 rings (SSSR count). The van der Waals surface area contributed by atoms with Crippen molar-refractivity contribution in [2.45, 2.75) is 18.9 Å². The van der Waals surface area contributed by atoms with Crippen LogP contribution < -0.4 is 0 Å². The quantitative estimate of drug-likeness (QED) is 0.871. The molecule has 2 heterocycles. The molecule has 4 heteroatoms. The molecule has 1 aliphatic rings. The molecule has 0 radical (unpaired) electrons. The number of amides is 1. The van der Waals surface area contributed by atoms with Crippen molar-refractivity contribution in [3.63, 3.8) is 0 Å². The highest BCUT2D eigenvalue weighted by Gasteiger charge is 2.32. The number of piperidine rings is 1. The Morgan fingerprint density at radius 1 is 1.32 bits per heavy atom. The van der Waals surface area contributed by atoms with E-state index in [0.29, 0.717) is 11.5 Å². The van der Waals surface area contributed by atoms with Crippen LogP contribution >= 0.6 is 0 Å². The SMILES string of the molecule is CO[C@H]1CCN(C(=O)c2ccoc2)C[C@@H]1Cc1ccccc1. The van der Waals surface area contributed by atoms with Crippen molar-refractivity contribution in [3.05, 3.63) is 60.1 Å². The van der Waals surface area contributed by atoms with Crippen LogP contribution in [-0.4, -0.2) is 37.1 Å². The zero-order valence-corrected chi connectivity index (χ0v) is 12.8. The van der Waals surface area contributed by atoms with E-state index in [1.165, 1.54) is 18.1 Å². The summed E-state index contributed by atoms with van der Waals surface area (Å²) in [6.45, 7) is 1.45. The fourth-order valence-corrected chi connectivity index (χ4v) is 3.19. The van der Waals surface area contributed by atoms with Gasteiger partial charge in [0.1, 0.15) is 6.26 Å². The summed E-state index contributed by atoms with van der Waals surface area (Å²) in [6, 6.07) is 12.1. The predicted octanol–water partition coefficient (Wildman–Crippen LogP) is 3.00. The lowest BCUT2D eigenvalue weighted by atomic mass is 9.88. The Hall–Kier alpha value is -2.07. The zero-order valence-electron chi connectivity index (χ0n) is 12.8. The van der Waals surface area contributed by atoms with Crippen LogP contribution in [0.25, 0.3) is 0 Å². The lowest BCUT2D eigenvalue weighted by Gasteiger charge is -2.38. The number of carbonyl (C=O) groups is 1. The number of methoxy groups -OCH3 is 1. The second-order valence-corrected chi connectivity index (χ2v) is 5.78. The average Bonchev–Trinajstić information content (AvgIpc) is 3.09. The van der Waals surface area contributed by atoms with Gasteiger partial charge < -0.3 is 14.1 Å². The summed E-state index contributed by atoms with van der Waals surface area (Å²) in [4.78, 5) is 14.4. The fourth-order valence-electron chi connectivity index (χ4n) is 3.19. The highest BCUT2D eigenvalue weighted by Crippen LogP contribution is 2.25. The molecule has 1 aliphatic heterocycles. The molecule has 1 saturated heterocycles. The van der Waals surface area contributed by atoms with Gasteiger partial charge in [-0.15, -0.1) is 0 Å². The van der Waals surface area contributed by atoms with Gasteiger partial charge in [-0.05, 0) is 24.5 Å². The average molecular weight is 299 g/mol. The number of hydrogen-bond donors (Lipinski definition) is 0. The fraction of sp³-hybridized carbons (Fsp3) is 0.389. The maximum atomic E-state index is 12.5. The maximum Gasteiger partial charge on any atom is 0.257 e. The first-order valence-corrected chi connectivity index (χ1v) is 7.66. The summed E-state index contributed by atoms with van der Waals surface area (Å²) in [5.41, 5.74) is 1.90. The van der Waals surface area contributed by atoms with E-state index in [2.05, 4.69) is 12.1 Å². The summed E-state index contributed by atoms with van der Waals surface area (Å²) in [5, 5.41) is 0. The van der Waals surface area contributed by atoms with E-state index < -0.39 is 0 Å². The van der Waals surface area contributed by atoms with Crippen LogP contribution in [-0.2, 0) is 11.2 Å². The minimum absolute atomic E-state index is 0.0429. The molecule has 2 aromatic rings. The molecule has 22 heavy (non-hydrogen) atoms. The van der Waals surface area contributed by atoms with Gasteiger partial charge in [0, 0.05) is 26.1 Å². The van der Waals surface area contributed by atoms with Gasteiger partial charge in [-0.25, -0.2) is 0 Å². The van der Waals surface area contributed by atoms with E-state index in [0.717, 1.165) is 25.9 Å². The van der Waals surface area contributed by atoms with Crippen molar-refractivity contribution < 1.29 is 13.9 Å². The van der Waals surface area contributed by atoms with E-state index in [-0.39, 0.29) is 12.0 Å². The van der Waals surface area contributed by atoms with Crippen molar-refractivity contribution in [1.29, 1.82) is 0 Å². The minimum atomic E-state index is 0.0429. The molecule has 4 nitrogen and oxygen atoms in total. The summed E-state index contributed by atoms with van der Waals surface area (Å²) < 4.78 is 10.7. The van der Waals surface area contributed by atoms with Gasteiger partial charge >= 0.3 is 0 Å². The highest BCUT2D eigenvalue weighted by molar-refractivity contribution is 5.93. The van der Waals surface area contributed by atoms with Crippen molar-refractivity contribution in [1.82, 2.24) is 4.90 Å². The van der Waals surface area contributed by atoms with E-state index in [1.807, 2.05) is 23.1 Å². The predicted molar refractivity (Wildman–Crippen MR) is 83.7 cm³/mol. The molecule has 1 aromatic heterocycles. The smallest absolute Gasteiger partial charge is 0.257 e. The Kier molecular flexibility index (Phi) is 4.59. The number of benzene rings is 1. The zero-order chi connectivity index (χ0) is 15.4. The van der Waals surface area contributed by atoms with Gasteiger partial charge in [0.05, 0.1) is 17.9 Å². The normalized spacial score (nSPS) is 21.8. The van der Waals surface area contributed by atoms with Crippen LogP contribution in [0.5, 0.6) is 0 Å². The van der Waals surface area contributed by atoms with E-state index >= 15 is 0 Å². The lowest BCUT2D eigenvalue weighted by molar-refractivity contribution is -0.00301. The molecule has 1 amide bonds. The summed E-state index contributed by atoms with van der Waals surface area (Å²) in [6.07, 6.45) is 5.05. The number of rotatable bonds is 4. The summed E-state index contributed by atoms with van der Waals surface area (Å²) >= 11 is 0. The summed E-state index contributed by atoms with van der Waals surface area (Å²) in [5.74, 6) is 0.360. The van der Waals surface area contributed by atoms with Crippen LogP contribution in [0, 0.1) is 5.92 Å². The Morgan fingerprint density at radius 3 is 2.82 bits per heavy atom. The third kappa shape index (κ3) is 3.22. The van der Waals surface area contributed by atoms with Crippen LogP contribution in [0.1, 0.15) is 22.3 Å². The van der Waals surface area contributed by atoms with Crippen molar-refractivity contribution in [2.75, 3.05) is 20.2 Å². The maximum absolute atomic E-state index is 12.5. The molecule has 0 bridgehead atoms. The van der Waals surface area contributed by atoms with Crippen molar-refractivity contribution in [2.24, 2.45) is 5.92 Å². The number of carbonyl (C=O) groups excluding carboxylic acids is 1. The molecule has 116 valence electrons. The van der Waals surface area contributed by atoms with Gasteiger partial charge in [-0.1, -0.05) is 30.3 Å². The number of ether oxygens (including phenoxy) is 1. The van der Waals surface area contributed by atoms with Gasteiger partial charge in [0.25, 0.3) is 5.91 Å². The number of hydrogen-bond acceptors (Lipinski definition) is 3. The van der Waals surface area contributed by atoms with E-state index in [4.69, 9.17) is 9.15 Å². The van der Waals surface area contributed by atoms with Gasteiger partial charge in [-0.2, -0.15) is 0 Å². The number of likely N-dealkylation sites (tertiary alicyclic amines) is 1. The molecule has 1 fully saturated rings. The van der Waals surface area contributed by atoms with Crippen LogP contribution in [0.15, 0.2) is 53.3 Å². The molecule has 0 aliphatic carbocycles. The van der Waals surface area contributed by atoms with Gasteiger partial charge in [0.2, 0.25) is 0 Å². The van der Waals surface area contributed by atoms with Gasteiger partial charge in [0.15, 0.2) is 0 Å². The van der Waals surface area contributed by atoms with Crippen LogP contribution in [0.2, 0.25) is 0 Å². The first-order chi connectivity index (χ1) is 10.8. The molecule has 0 spiro atoms. The first kappa shape index (κ1) is 14.9. The second kappa shape index (κ2) is 6.79. The van der Waals surface area contributed by atoms with Crippen molar-refractivity contribution >= 4 is 5.91 Å². The number of nitrogens with zero attached hydrogens (tertiary/aromatic N) is 1. The Morgan fingerprint density at radius 2 is 2.14 bits per heavy atom. The largest absolute Gasteiger partial charge is 0.472 e. The van der Waals surface area contributed by atoms with Crippen LogP contribution in [0.3, 0.4) is 0 Å². The third-order valence-corrected chi connectivity index (χ3v) is 4.36. The molecular formula is C18H21NO3. The first-order valence-electron chi connectivity index (χ1n) is 7.66. The molecule has 0 N–H and O–H groups in total. The monoisotopic (exact) mass is 299 g/mol. The lowest BCUT2D eigenvalue weighted by Crippen LogP contribution is -2.47.